The van der Waals surface area contributed by atoms with Crippen LogP contribution in [0.2, 0.25) is 0 Å². The molecule has 0 bridgehead atoms. The summed E-state index contributed by atoms with van der Waals surface area (Å²) in [6.45, 7) is 1.26. The maximum absolute atomic E-state index is 12.7. The predicted octanol–water partition coefficient (Wildman–Crippen LogP) is 1.63. The molecule has 4 rings (SSSR count). The van der Waals surface area contributed by atoms with Crippen molar-refractivity contribution >= 4 is 27.5 Å². The van der Waals surface area contributed by atoms with E-state index in [4.69, 9.17) is 4.74 Å². The van der Waals surface area contributed by atoms with E-state index in [1.165, 1.54) is 28.7 Å². The Labute approximate surface area is 137 Å². The van der Waals surface area contributed by atoms with Crippen molar-refractivity contribution in [1.82, 2.24) is 14.5 Å². The van der Waals surface area contributed by atoms with Crippen molar-refractivity contribution in [2.45, 2.75) is 44.4 Å². The summed E-state index contributed by atoms with van der Waals surface area (Å²) in [6.07, 6.45) is 5.97. The first-order chi connectivity index (χ1) is 11.2. The number of nitrogens with zero attached hydrogens (tertiary/aromatic N) is 3. The average molecular weight is 333 g/mol. The fourth-order valence-corrected chi connectivity index (χ4v) is 4.37. The lowest BCUT2D eigenvalue weighted by molar-refractivity contribution is -0.150. The number of morpholine rings is 1. The zero-order chi connectivity index (χ0) is 15.8. The zero-order valence-electron chi connectivity index (χ0n) is 12.8. The van der Waals surface area contributed by atoms with Gasteiger partial charge in [0.25, 0.3) is 5.56 Å². The Bertz CT molecular complexity index is 782. The summed E-state index contributed by atoms with van der Waals surface area (Å²) < 4.78 is 7.23. The Kier molecular flexibility index (Phi) is 3.90. The van der Waals surface area contributed by atoms with Gasteiger partial charge in [0.2, 0.25) is 5.91 Å². The van der Waals surface area contributed by atoms with Crippen molar-refractivity contribution in [2.75, 3.05) is 13.2 Å². The van der Waals surface area contributed by atoms with Crippen molar-refractivity contribution in [3.63, 3.8) is 0 Å². The Morgan fingerprint density at radius 3 is 3.17 bits per heavy atom. The molecule has 3 heterocycles. The Hall–Kier alpha value is -1.73. The summed E-state index contributed by atoms with van der Waals surface area (Å²) in [7, 11) is 0. The Morgan fingerprint density at radius 1 is 1.39 bits per heavy atom. The van der Waals surface area contributed by atoms with Crippen LogP contribution < -0.4 is 5.56 Å². The zero-order valence-corrected chi connectivity index (χ0v) is 13.6. The van der Waals surface area contributed by atoms with Crippen LogP contribution in [0.1, 0.15) is 25.7 Å². The van der Waals surface area contributed by atoms with Gasteiger partial charge in [0.1, 0.15) is 11.4 Å². The highest BCUT2D eigenvalue weighted by molar-refractivity contribution is 7.16. The van der Waals surface area contributed by atoms with E-state index >= 15 is 0 Å². The van der Waals surface area contributed by atoms with Crippen LogP contribution in [0, 0.1) is 0 Å². The summed E-state index contributed by atoms with van der Waals surface area (Å²) in [4.78, 5) is 32.1. The number of thiophene rings is 1. The minimum absolute atomic E-state index is 0.0105. The van der Waals surface area contributed by atoms with Gasteiger partial charge in [-0.05, 0) is 24.3 Å². The number of amides is 1. The van der Waals surface area contributed by atoms with E-state index in [0.717, 1.165) is 24.1 Å². The minimum atomic E-state index is -0.141. The molecule has 2 atom stereocenters. The van der Waals surface area contributed by atoms with Crippen molar-refractivity contribution < 1.29 is 9.53 Å². The van der Waals surface area contributed by atoms with Crippen LogP contribution in [0.25, 0.3) is 10.2 Å². The summed E-state index contributed by atoms with van der Waals surface area (Å²) in [6, 6.07) is 1.93. The summed E-state index contributed by atoms with van der Waals surface area (Å²) in [5.74, 6) is -0.0105. The number of aromatic nitrogens is 2. The highest BCUT2D eigenvalue weighted by Gasteiger charge is 2.36. The number of rotatable bonds is 2. The summed E-state index contributed by atoms with van der Waals surface area (Å²) in [5, 5.41) is 2.43. The van der Waals surface area contributed by atoms with Gasteiger partial charge in [0.05, 0.1) is 30.5 Å². The van der Waals surface area contributed by atoms with Crippen LogP contribution in [0.3, 0.4) is 0 Å². The first-order valence-electron chi connectivity index (χ1n) is 8.08. The number of carbonyl (C=O) groups is 1. The van der Waals surface area contributed by atoms with Gasteiger partial charge in [-0.3, -0.25) is 14.2 Å². The SMILES string of the molecule is O=C(Cn1cnc2sccc2c1=O)N1CCO[C@@H]2CCCC[C@@H]21. The molecule has 1 saturated carbocycles. The van der Waals surface area contributed by atoms with E-state index in [2.05, 4.69) is 4.98 Å². The molecule has 122 valence electrons. The normalized spacial score (nSPS) is 24.6. The van der Waals surface area contributed by atoms with Crippen molar-refractivity contribution in [3.8, 4) is 0 Å². The average Bonchev–Trinajstić information content (AvgIpc) is 3.06. The van der Waals surface area contributed by atoms with Crippen LogP contribution in [-0.2, 0) is 16.1 Å². The number of carbonyl (C=O) groups excluding carboxylic acids is 1. The van der Waals surface area contributed by atoms with Crippen molar-refractivity contribution in [3.05, 3.63) is 28.1 Å². The molecule has 0 spiro atoms. The van der Waals surface area contributed by atoms with E-state index in [1.54, 1.807) is 6.07 Å². The largest absolute Gasteiger partial charge is 0.374 e. The Morgan fingerprint density at radius 2 is 2.26 bits per heavy atom. The number of fused-ring (bicyclic) bond motifs is 2. The molecular weight excluding hydrogens is 314 g/mol. The monoisotopic (exact) mass is 333 g/mol. The van der Waals surface area contributed by atoms with Crippen LogP contribution >= 0.6 is 11.3 Å². The molecule has 0 N–H and O–H groups in total. The van der Waals surface area contributed by atoms with E-state index < -0.39 is 0 Å². The topological polar surface area (TPSA) is 64.4 Å². The molecule has 2 aromatic heterocycles. The quantitative estimate of drug-likeness (QED) is 0.838. The maximum Gasteiger partial charge on any atom is 0.262 e. The molecular formula is C16H19N3O3S. The smallest absolute Gasteiger partial charge is 0.262 e. The molecule has 0 aromatic carbocycles. The standard InChI is InChI=1S/C16H19N3O3S/c20-14(19-6-7-22-13-4-2-1-3-12(13)19)9-18-10-17-15-11(16(18)21)5-8-23-15/h5,8,10,12-13H,1-4,6-7,9H2/t12-,13+/m0/s1. The molecule has 2 aromatic rings. The van der Waals surface area contributed by atoms with Gasteiger partial charge in [0.15, 0.2) is 0 Å². The number of ether oxygens (including phenoxy) is 1. The lowest BCUT2D eigenvalue weighted by atomic mass is 9.90. The lowest BCUT2D eigenvalue weighted by Gasteiger charge is -2.43. The van der Waals surface area contributed by atoms with Gasteiger partial charge < -0.3 is 9.64 Å². The van der Waals surface area contributed by atoms with Crippen molar-refractivity contribution in [2.24, 2.45) is 0 Å². The second kappa shape index (κ2) is 6.05. The van der Waals surface area contributed by atoms with Gasteiger partial charge in [-0.15, -0.1) is 11.3 Å². The molecule has 0 unspecified atom stereocenters. The molecule has 6 nitrogen and oxygen atoms in total. The third-order valence-electron chi connectivity index (χ3n) is 4.81. The van der Waals surface area contributed by atoms with Gasteiger partial charge in [-0.25, -0.2) is 4.98 Å². The van der Waals surface area contributed by atoms with E-state index in [-0.39, 0.29) is 30.2 Å². The molecule has 7 heteroatoms. The van der Waals surface area contributed by atoms with Crippen LogP contribution in [0.4, 0.5) is 0 Å². The predicted molar refractivity (Wildman–Crippen MR) is 87.6 cm³/mol. The number of hydrogen-bond donors (Lipinski definition) is 0. The molecule has 1 aliphatic carbocycles. The van der Waals surface area contributed by atoms with Gasteiger partial charge in [-0.2, -0.15) is 0 Å². The molecule has 23 heavy (non-hydrogen) atoms. The fraction of sp³-hybridized carbons (Fsp3) is 0.562. The second-order valence-electron chi connectivity index (χ2n) is 6.17. The van der Waals surface area contributed by atoms with E-state index in [0.29, 0.717) is 18.5 Å². The van der Waals surface area contributed by atoms with Crippen molar-refractivity contribution in [1.29, 1.82) is 0 Å². The lowest BCUT2D eigenvalue weighted by Crippen LogP contribution is -2.55. The maximum atomic E-state index is 12.7. The molecule has 0 radical (unpaired) electrons. The first kappa shape index (κ1) is 14.8. The summed E-state index contributed by atoms with van der Waals surface area (Å²) in [5.41, 5.74) is -0.141. The second-order valence-corrected chi connectivity index (χ2v) is 7.06. The fourth-order valence-electron chi connectivity index (χ4n) is 3.65. The van der Waals surface area contributed by atoms with Gasteiger partial charge in [-0.1, -0.05) is 12.8 Å². The van der Waals surface area contributed by atoms with E-state index in [9.17, 15) is 9.59 Å². The molecule has 2 aliphatic rings. The van der Waals surface area contributed by atoms with Gasteiger partial charge in [0, 0.05) is 6.54 Å². The Balaban J connectivity index is 1.56. The first-order valence-corrected chi connectivity index (χ1v) is 8.96. The molecule has 2 fully saturated rings. The molecule has 1 saturated heterocycles. The van der Waals surface area contributed by atoms with Crippen LogP contribution in [0.5, 0.6) is 0 Å². The highest BCUT2D eigenvalue weighted by atomic mass is 32.1. The molecule has 1 amide bonds. The highest BCUT2D eigenvalue weighted by Crippen LogP contribution is 2.28. The van der Waals surface area contributed by atoms with E-state index in [1.807, 2.05) is 10.3 Å². The van der Waals surface area contributed by atoms with Gasteiger partial charge >= 0.3 is 0 Å². The summed E-state index contributed by atoms with van der Waals surface area (Å²) >= 11 is 1.44. The molecule has 1 aliphatic heterocycles. The van der Waals surface area contributed by atoms with Crippen LogP contribution in [0.15, 0.2) is 22.6 Å². The third-order valence-corrected chi connectivity index (χ3v) is 5.63. The third kappa shape index (κ3) is 2.68. The van der Waals surface area contributed by atoms with Crippen LogP contribution in [-0.4, -0.2) is 45.7 Å². The number of hydrogen-bond acceptors (Lipinski definition) is 5. The minimum Gasteiger partial charge on any atom is -0.374 e.